The van der Waals surface area contributed by atoms with Crippen molar-refractivity contribution in [1.29, 1.82) is 0 Å². The van der Waals surface area contributed by atoms with E-state index in [1.54, 1.807) is 0 Å². The molecule has 0 heterocycles. The maximum Gasteiger partial charge on any atom is 0.329 e. The van der Waals surface area contributed by atoms with Gasteiger partial charge < -0.3 is 5.32 Å². The van der Waals surface area contributed by atoms with E-state index in [9.17, 15) is 9.59 Å². The second-order valence-electron chi connectivity index (χ2n) is 5.52. The Bertz CT molecular complexity index is 516. The van der Waals surface area contributed by atoms with E-state index in [-0.39, 0.29) is 0 Å². The van der Waals surface area contributed by atoms with Crippen molar-refractivity contribution in [2.75, 3.05) is 6.54 Å². The number of amides is 2. The third-order valence-corrected chi connectivity index (χ3v) is 3.74. The van der Waals surface area contributed by atoms with Crippen molar-refractivity contribution in [2.45, 2.75) is 44.9 Å². The van der Waals surface area contributed by atoms with Crippen LogP contribution in [-0.2, 0) is 16.0 Å². The first-order valence-electron chi connectivity index (χ1n) is 7.93. The summed E-state index contributed by atoms with van der Waals surface area (Å²) < 4.78 is 0. The highest BCUT2D eigenvalue weighted by atomic mass is 16.2. The fourth-order valence-electron chi connectivity index (χ4n) is 2.47. The van der Waals surface area contributed by atoms with E-state index in [1.165, 1.54) is 12.8 Å². The molecule has 1 aromatic rings. The summed E-state index contributed by atoms with van der Waals surface area (Å²) in [6.45, 7) is 0.437. The molecule has 0 unspecified atom stereocenters. The van der Waals surface area contributed by atoms with E-state index in [0.29, 0.717) is 13.0 Å². The van der Waals surface area contributed by atoms with Crippen molar-refractivity contribution < 1.29 is 9.59 Å². The van der Waals surface area contributed by atoms with Gasteiger partial charge in [-0.25, -0.2) is 5.43 Å². The summed E-state index contributed by atoms with van der Waals surface area (Å²) in [4.78, 5) is 23.4. The highest BCUT2D eigenvalue weighted by molar-refractivity contribution is 6.35. The van der Waals surface area contributed by atoms with Crippen molar-refractivity contribution in [1.82, 2.24) is 10.7 Å². The summed E-state index contributed by atoms with van der Waals surface area (Å²) in [5.41, 5.74) is 4.48. The van der Waals surface area contributed by atoms with Crippen LogP contribution in [0.1, 0.15) is 44.1 Å². The van der Waals surface area contributed by atoms with Crippen LogP contribution in [0.2, 0.25) is 0 Å². The maximum absolute atomic E-state index is 11.7. The molecule has 2 N–H and O–H groups in total. The Hall–Kier alpha value is -2.17. The zero-order valence-corrected chi connectivity index (χ0v) is 12.8. The second-order valence-corrected chi connectivity index (χ2v) is 5.52. The normalized spacial score (nSPS) is 14.8. The third kappa shape index (κ3) is 5.68. The van der Waals surface area contributed by atoms with Crippen LogP contribution in [0.25, 0.3) is 0 Å². The summed E-state index contributed by atoms with van der Waals surface area (Å²) in [7, 11) is 0. The zero-order chi connectivity index (χ0) is 15.6. The molecule has 2 rings (SSSR count). The molecular formula is C17H23N3O2. The molecule has 1 fully saturated rings. The van der Waals surface area contributed by atoms with E-state index in [4.69, 9.17) is 0 Å². The topological polar surface area (TPSA) is 70.6 Å². The van der Waals surface area contributed by atoms with Gasteiger partial charge in [-0.3, -0.25) is 9.59 Å². The van der Waals surface area contributed by atoms with E-state index in [0.717, 1.165) is 37.0 Å². The summed E-state index contributed by atoms with van der Waals surface area (Å²) in [5.74, 6) is -1.32. The Labute approximate surface area is 131 Å². The summed E-state index contributed by atoms with van der Waals surface area (Å²) in [5, 5.41) is 6.70. The molecule has 5 heteroatoms. The first-order valence-corrected chi connectivity index (χ1v) is 7.93. The molecule has 0 spiro atoms. The average molecular weight is 301 g/mol. The fraction of sp³-hybridized carbons (Fsp3) is 0.471. The fourth-order valence-corrected chi connectivity index (χ4v) is 2.47. The number of benzene rings is 1. The molecule has 0 radical (unpaired) electrons. The first-order chi connectivity index (χ1) is 10.8. The van der Waals surface area contributed by atoms with E-state index < -0.39 is 11.8 Å². The van der Waals surface area contributed by atoms with Gasteiger partial charge in [0, 0.05) is 12.3 Å². The molecule has 1 aromatic carbocycles. The van der Waals surface area contributed by atoms with Gasteiger partial charge in [0.05, 0.1) is 0 Å². The lowest BCUT2D eigenvalue weighted by Gasteiger charge is -2.05. The summed E-state index contributed by atoms with van der Waals surface area (Å²) in [6, 6.07) is 9.83. The predicted molar refractivity (Wildman–Crippen MR) is 86.4 cm³/mol. The van der Waals surface area contributed by atoms with Crippen molar-refractivity contribution in [3.63, 3.8) is 0 Å². The molecule has 2 amide bonds. The highest BCUT2D eigenvalue weighted by Gasteiger charge is 2.13. The standard InChI is InChI=1S/C17H23N3O2/c21-16(18-13-12-14-8-4-3-5-9-14)17(22)20-19-15-10-6-1-2-7-11-15/h3-5,8-9H,1-2,6-7,10-13H2,(H,18,21)(H,20,22). The van der Waals surface area contributed by atoms with E-state index in [2.05, 4.69) is 15.8 Å². The van der Waals surface area contributed by atoms with Gasteiger partial charge in [0.2, 0.25) is 0 Å². The van der Waals surface area contributed by atoms with Crippen molar-refractivity contribution in [3.8, 4) is 0 Å². The van der Waals surface area contributed by atoms with Crippen LogP contribution in [0.3, 0.4) is 0 Å². The summed E-state index contributed by atoms with van der Waals surface area (Å²) >= 11 is 0. The molecule has 22 heavy (non-hydrogen) atoms. The quantitative estimate of drug-likeness (QED) is 0.508. The van der Waals surface area contributed by atoms with E-state index >= 15 is 0 Å². The van der Waals surface area contributed by atoms with Crippen LogP contribution in [0.15, 0.2) is 35.4 Å². The first kappa shape index (κ1) is 16.2. The molecule has 0 aromatic heterocycles. The molecule has 1 aliphatic carbocycles. The van der Waals surface area contributed by atoms with Gasteiger partial charge in [-0.05, 0) is 37.7 Å². The number of carbonyl (C=O) groups excluding carboxylic acids is 2. The molecule has 5 nitrogen and oxygen atoms in total. The minimum Gasteiger partial charge on any atom is -0.347 e. The molecule has 0 saturated heterocycles. The van der Waals surface area contributed by atoms with Crippen LogP contribution in [0.5, 0.6) is 0 Å². The highest BCUT2D eigenvalue weighted by Crippen LogP contribution is 2.14. The Morgan fingerprint density at radius 2 is 1.64 bits per heavy atom. The molecular weight excluding hydrogens is 278 g/mol. The van der Waals surface area contributed by atoms with Crippen LogP contribution in [-0.4, -0.2) is 24.1 Å². The Kier molecular flexibility index (Phi) is 6.61. The van der Waals surface area contributed by atoms with Gasteiger partial charge in [0.25, 0.3) is 0 Å². The number of carbonyl (C=O) groups is 2. The number of hydrazone groups is 1. The molecule has 0 atom stereocenters. The van der Waals surface area contributed by atoms with Crippen molar-refractivity contribution in [3.05, 3.63) is 35.9 Å². The third-order valence-electron chi connectivity index (χ3n) is 3.74. The average Bonchev–Trinajstić information content (AvgIpc) is 2.82. The number of hydrogen-bond donors (Lipinski definition) is 2. The van der Waals surface area contributed by atoms with Gasteiger partial charge >= 0.3 is 11.8 Å². The summed E-state index contributed by atoms with van der Waals surface area (Å²) in [6.07, 6.45) is 7.18. The molecule has 1 saturated carbocycles. The number of hydrogen-bond acceptors (Lipinski definition) is 3. The molecule has 0 bridgehead atoms. The monoisotopic (exact) mass is 301 g/mol. The van der Waals surface area contributed by atoms with Crippen LogP contribution in [0, 0.1) is 0 Å². The lowest BCUT2D eigenvalue weighted by atomic mass is 10.1. The minimum absolute atomic E-state index is 0.437. The predicted octanol–water partition coefficient (Wildman–Crippen LogP) is 2.17. The Balaban J connectivity index is 1.70. The Morgan fingerprint density at radius 3 is 2.32 bits per heavy atom. The van der Waals surface area contributed by atoms with Gasteiger partial charge in [0.15, 0.2) is 0 Å². The van der Waals surface area contributed by atoms with Crippen molar-refractivity contribution >= 4 is 17.5 Å². The van der Waals surface area contributed by atoms with Crippen LogP contribution in [0.4, 0.5) is 0 Å². The van der Waals surface area contributed by atoms with Crippen LogP contribution < -0.4 is 10.7 Å². The van der Waals surface area contributed by atoms with Gasteiger partial charge in [-0.2, -0.15) is 5.10 Å². The molecule has 118 valence electrons. The van der Waals surface area contributed by atoms with Gasteiger partial charge in [0.1, 0.15) is 0 Å². The molecule has 1 aliphatic rings. The maximum atomic E-state index is 11.7. The second kappa shape index (κ2) is 8.97. The molecule has 0 aliphatic heterocycles. The number of rotatable bonds is 4. The largest absolute Gasteiger partial charge is 0.347 e. The number of nitrogens with zero attached hydrogens (tertiary/aromatic N) is 1. The SMILES string of the molecule is O=C(NCCc1ccccc1)C(=O)NN=C1CCCCCC1. The van der Waals surface area contributed by atoms with Gasteiger partial charge in [-0.15, -0.1) is 0 Å². The number of nitrogens with one attached hydrogen (secondary N) is 2. The zero-order valence-electron chi connectivity index (χ0n) is 12.8. The van der Waals surface area contributed by atoms with Crippen LogP contribution >= 0.6 is 0 Å². The lowest BCUT2D eigenvalue weighted by molar-refractivity contribution is -0.139. The van der Waals surface area contributed by atoms with Gasteiger partial charge in [-0.1, -0.05) is 43.2 Å². The Morgan fingerprint density at radius 1 is 0.955 bits per heavy atom. The lowest BCUT2D eigenvalue weighted by Crippen LogP contribution is -2.39. The minimum atomic E-state index is -0.690. The van der Waals surface area contributed by atoms with E-state index in [1.807, 2.05) is 30.3 Å². The smallest absolute Gasteiger partial charge is 0.329 e. The van der Waals surface area contributed by atoms with Crippen molar-refractivity contribution in [2.24, 2.45) is 5.10 Å².